The number of halogens is 1. The lowest BCUT2D eigenvalue weighted by Gasteiger charge is -2.37. The number of nitrogens with one attached hydrogen (secondary N) is 2. The molecule has 1 aromatic heterocycles. The van der Waals surface area contributed by atoms with Crippen molar-refractivity contribution in [1.82, 2.24) is 10.6 Å². The highest BCUT2D eigenvalue weighted by Crippen LogP contribution is 2.43. The Morgan fingerprint density at radius 3 is 2.82 bits per heavy atom. The molecule has 0 spiro atoms. The molecular weight excluding hydrogens is 320 g/mol. The molecule has 2 aliphatic rings. The van der Waals surface area contributed by atoms with E-state index in [4.69, 9.17) is 4.74 Å². The van der Waals surface area contributed by atoms with Crippen LogP contribution in [0.5, 0.6) is 0 Å². The average Bonchev–Trinajstić information content (AvgIpc) is 3.23. The van der Waals surface area contributed by atoms with Gasteiger partial charge in [-0.15, -0.1) is 23.7 Å². The highest BCUT2D eigenvalue weighted by Gasteiger charge is 2.34. The molecular formula is C16H25ClN2O2S. The molecule has 2 fully saturated rings. The summed E-state index contributed by atoms with van der Waals surface area (Å²) in [6, 6.07) is 2.12. The summed E-state index contributed by atoms with van der Waals surface area (Å²) in [5.41, 5.74) is 1.34. The molecule has 2 N–H and O–H groups in total. The third kappa shape index (κ3) is 4.02. The van der Waals surface area contributed by atoms with Crippen molar-refractivity contribution in [3.05, 3.63) is 21.9 Å². The Balaban J connectivity index is 0.00000176. The average molecular weight is 345 g/mol. The van der Waals surface area contributed by atoms with Crippen LogP contribution in [0.25, 0.3) is 0 Å². The van der Waals surface area contributed by atoms with Gasteiger partial charge in [0.1, 0.15) is 0 Å². The van der Waals surface area contributed by atoms with E-state index in [9.17, 15) is 4.79 Å². The molecule has 1 saturated carbocycles. The fourth-order valence-corrected chi connectivity index (χ4v) is 4.10. The summed E-state index contributed by atoms with van der Waals surface area (Å²) in [6.07, 6.45) is 4.58. The molecule has 1 aliphatic carbocycles. The van der Waals surface area contributed by atoms with Crippen LogP contribution in [-0.4, -0.2) is 39.3 Å². The van der Waals surface area contributed by atoms with Gasteiger partial charge in [-0.05, 0) is 61.7 Å². The minimum Gasteiger partial charge on any atom is -0.384 e. The molecule has 0 bridgehead atoms. The minimum atomic E-state index is 0. The second-order valence-electron chi connectivity index (χ2n) is 6.35. The van der Waals surface area contributed by atoms with Crippen molar-refractivity contribution in [1.29, 1.82) is 0 Å². The fourth-order valence-electron chi connectivity index (χ4n) is 3.20. The molecule has 0 unspecified atom stereocenters. The summed E-state index contributed by atoms with van der Waals surface area (Å²) < 4.78 is 5.40. The van der Waals surface area contributed by atoms with Gasteiger partial charge in [-0.3, -0.25) is 4.79 Å². The molecule has 1 amide bonds. The summed E-state index contributed by atoms with van der Waals surface area (Å²) in [5, 5.41) is 8.59. The maximum Gasteiger partial charge on any atom is 0.261 e. The van der Waals surface area contributed by atoms with Gasteiger partial charge in [0.05, 0.1) is 11.5 Å². The molecule has 124 valence electrons. The zero-order valence-corrected chi connectivity index (χ0v) is 14.7. The van der Waals surface area contributed by atoms with E-state index in [0.29, 0.717) is 12.5 Å². The van der Waals surface area contributed by atoms with Crippen molar-refractivity contribution in [2.75, 3.05) is 33.4 Å². The van der Waals surface area contributed by atoms with Gasteiger partial charge in [0.25, 0.3) is 5.91 Å². The number of rotatable bonds is 6. The first-order chi connectivity index (χ1) is 10.2. The number of thiophene rings is 1. The Morgan fingerprint density at radius 2 is 2.18 bits per heavy atom. The van der Waals surface area contributed by atoms with Gasteiger partial charge in [-0.25, -0.2) is 0 Å². The SMILES string of the molecule is COCC1(CNC(=O)c2sccc2C2CC2)CCNCC1.Cl. The van der Waals surface area contributed by atoms with E-state index in [2.05, 4.69) is 16.7 Å². The van der Waals surface area contributed by atoms with E-state index in [1.54, 1.807) is 18.4 Å². The maximum atomic E-state index is 12.5. The molecule has 4 nitrogen and oxygen atoms in total. The topological polar surface area (TPSA) is 50.4 Å². The zero-order valence-electron chi connectivity index (χ0n) is 13.0. The van der Waals surface area contributed by atoms with Crippen molar-refractivity contribution in [3.63, 3.8) is 0 Å². The number of methoxy groups -OCH3 is 1. The van der Waals surface area contributed by atoms with Crippen molar-refractivity contribution in [2.45, 2.75) is 31.6 Å². The van der Waals surface area contributed by atoms with Crippen LogP contribution in [-0.2, 0) is 4.74 Å². The van der Waals surface area contributed by atoms with Gasteiger partial charge < -0.3 is 15.4 Å². The largest absolute Gasteiger partial charge is 0.384 e. The van der Waals surface area contributed by atoms with Crippen LogP contribution >= 0.6 is 23.7 Å². The highest BCUT2D eigenvalue weighted by molar-refractivity contribution is 7.12. The molecule has 1 aromatic rings. The second-order valence-corrected chi connectivity index (χ2v) is 7.26. The van der Waals surface area contributed by atoms with Crippen molar-refractivity contribution >= 4 is 29.7 Å². The highest BCUT2D eigenvalue weighted by atomic mass is 35.5. The van der Waals surface area contributed by atoms with Crippen molar-refractivity contribution in [3.8, 4) is 0 Å². The van der Waals surface area contributed by atoms with Gasteiger partial charge in [-0.1, -0.05) is 0 Å². The second kappa shape index (κ2) is 7.77. The van der Waals surface area contributed by atoms with E-state index in [1.165, 1.54) is 18.4 Å². The first kappa shape index (κ1) is 17.7. The molecule has 22 heavy (non-hydrogen) atoms. The Labute approximate surface area is 142 Å². The van der Waals surface area contributed by atoms with Crippen LogP contribution in [0.4, 0.5) is 0 Å². The Kier molecular flexibility index (Phi) is 6.26. The Morgan fingerprint density at radius 1 is 1.45 bits per heavy atom. The van der Waals surface area contributed by atoms with Crippen molar-refractivity contribution < 1.29 is 9.53 Å². The van der Waals surface area contributed by atoms with Gasteiger partial charge in [-0.2, -0.15) is 0 Å². The number of hydrogen-bond donors (Lipinski definition) is 2. The Hall–Kier alpha value is -0.620. The summed E-state index contributed by atoms with van der Waals surface area (Å²) in [4.78, 5) is 13.4. The van der Waals surface area contributed by atoms with E-state index in [-0.39, 0.29) is 23.7 Å². The summed E-state index contributed by atoms with van der Waals surface area (Å²) in [6.45, 7) is 3.44. The summed E-state index contributed by atoms with van der Waals surface area (Å²) in [7, 11) is 1.75. The Bertz CT molecular complexity index is 491. The molecule has 3 rings (SSSR count). The van der Waals surface area contributed by atoms with Crippen LogP contribution in [0.3, 0.4) is 0 Å². The number of carbonyl (C=O) groups excluding carboxylic acids is 1. The van der Waals surface area contributed by atoms with E-state index < -0.39 is 0 Å². The lowest BCUT2D eigenvalue weighted by Crippen LogP contribution is -2.47. The van der Waals surface area contributed by atoms with Gasteiger partial charge >= 0.3 is 0 Å². The number of piperidine rings is 1. The minimum absolute atomic E-state index is 0. The lowest BCUT2D eigenvalue weighted by molar-refractivity contribution is 0.0512. The monoisotopic (exact) mass is 344 g/mol. The predicted octanol–water partition coefficient (Wildman–Crippen LogP) is 2.79. The molecule has 0 aromatic carbocycles. The predicted molar refractivity (Wildman–Crippen MR) is 92.3 cm³/mol. The summed E-state index contributed by atoms with van der Waals surface area (Å²) in [5.74, 6) is 0.727. The van der Waals surface area contributed by atoms with Crippen LogP contribution in [0.2, 0.25) is 0 Å². The van der Waals surface area contributed by atoms with Gasteiger partial charge in [0.15, 0.2) is 0 Å². The van der Waals surface area contributed by atoms with Crippen molar-refractivity contribution in [2.24, 2.45) is 5.41 Å². The third-order valence-corrected chi connectivity index (χ3v) is 5.59. The molecule has 6 heteroatoms. The lowest BCUT2D eigenvalue weighted by atomic mass is 9.79. The normalized spacial score (nSPS) is 20.2. The molecule has 2 heterocycles. The van der Waals surface area contributed by atoms with E-state index in [1.807, 2.05) is 5.38 Å². The van der Waals surface area contributed by atoms with Crippen LogP contribution in [0.15, 0.2) is 11.4 Å². The molecule has 1 saturated heterocycles. The first-order valence-electron chi connectivity index (χ1n) is 7.79. The number of hydrogen-bond acceptors (Lipinski definition) is 4. The van der Waals surface area contributed by atoms with Crippen LogP contribution in [0.1, 0.15) is 46.8 Å². The standard InChI is InChI=1S/C16H24N2O2S.ClH/c1-20-11-16(5-7-17-8-6-16)10-18-15(19)14-13(4-9-21-14)12-2-3-12;/h4,9,12,17H,2-3,5-8,10-11H2,1H3,(H,18,19);1H. The number of ether oxygens (including phenoxy) is 1. The van der Waals surface area contributed by atoms with Crippen LogP contribution < -0.4 is 10.6 Å². The molecule has 0 radical (unpaired) electrons. The van der Waals surface area contributed by atoms with Gasteiger partial charge in [0, 0.05) is 19.1 Å². The van der Waals surface area contributed by atoms with Gasteiger partial charge in [0.2, 0.25) is 0 Å². The number of carbonyl (C=O) groups is 1. The van der Waals surface area contributed by atoms with E-state index in [0.717, 1.165) is 37.4 Å². The fraction of sp³-hybridized carbons (Fsp3) is 0.688. The summed E-state index contributed by atoms with van der Waals surface area (Å²) >= 11 is 1.57. The smallest absolute Gasteiger partial charge is 0.261 e. The quantitative estimate of drug-likeness (QED) is 0.834. The van der Waals surface area contributed by atoms with E-state index >= 15 is 0 Å². The first-order valence-corrected chi connectivity index (χ1v) is 8.67. The third-order valence-electron chi connectivity index (χ3n) is 4.66. The molecule has 1 aliphatic heterocycles. The zero-order chi connectivity index (χ0) is 14.7. The number of amides is 1. The van der Waals surface area contributed by atoms with Crippen LogP contribution in [0, 0.1) is 5.41 Å². The molecule has 0 atom stereocenters. The maximum absolute atomic E-state index is 12.5.